The van der Waals surface area contributed by atoms with Crippen molar-refractivity contribution in [3.05, 3.63) is 46.6 Å². The Bertz CT molecular complexity index is 650. The first kappa shape index (κ1) is 14.4. The van der Waals surface area contributed by atoms with Crippen LogP contribution in [0.15, 0.2) is 45.3 Å². The summed E-state index contributed by atoms with van der Waals surface area (Å²) in [6.45, 7) is 2.93. The molecule has 1 saturated heterocycles. The molecule has 2 heterocycles. The maximum absolute atomic E-state index is 12.6. The third kappa shape index (κ3) is 2.91. The lowest BCUT2D eigenvalue weighted by Crippen LogP contribution is -2.41. The highest BCUT2D eigenvalue weighted by Crippen LogP contribution is 2.30. The fraction of sp³-hybridized carbons (Fsp3) is 0.353. The SMILES string of the molecule is C[C@H]1CCCCN1C(=O)c1ccc(-c2ccccc2Br)o1. The van der Waals surface area contributed by atoms with Gasteiger partial charge in [-0.3, -0.25) is 4.79 Å². The first-order chi connectivity index (χ1) is 10.2. The number of rotatable bonds is 2. The van der Waals surface area contributed by atoms with E-state index in [4.69, 9.17) is 4.42 Å². The molecule has 0 unspecified atom stereocenters. The van der Waals surface area contributed by atoms with Crippen molar-refractivity contribution in [2.45, 2.75) is 32.2 Å². The van der Waals surface area contributed by atoms with Crippen molar-refractivity contribution in [3.8, 4) is 11.3 Å². The lowest BCUT2D eigenvalue weighted by Gasteiger charge is -2.32. The van der Waals surface area contributed by atoms with E-state index < -0.39 is 0 Å². The lowest BCUT2D eigenvalue weighted by molar-refractivity contribution is 0.0604. The Morgan fingerprint density at radius 2 is 2.05 bits per heavy atom. The summed E-state index contributed by atoms with van der Waals surface area (Å²) in [6.07, 6.45) is 3.35. The van der Waals surface area contributed by atoms with Crippen molar-refractivity contribution in [2.75, 3.05) is 6.54 Å². The van der Waals surface area contributed by atoms with E-state index in [0.29, 0.717) is 11.8 Å². The zero-order valence-corrected chi connectivity index (χ0v) is 13.6. The van der Waals surface area contributed by atoms with Gasteiger partial charge in [0, 0.05) is 22.6 Å². The van der Waals surface area contributed by atoms with Gasteiger partial charge in [-0.2, -0.15) is 0 Å². The van der Waals surface area contributed by atoms with E-state index in [-0.39, 0.29) is 5.91 Å². The second kappa shape index (κ2) is 6.06. The van der Waals surface area contributed by atoms with Gasteiger partial charge in [-0.05, 0) is 44.4 Å². The number of piperidine rings is 1. The third-order valence-electron chi connectivity index (χ3n) is 4.02. The second-order valence-electron chi connectivity index (χ2n) is 5.49. The summed E-state index contributed by atoms with van der Waals surface area (Å²) in [5.41, 5.74) is 0.961. The molecule has 1 atom stereocenters. The largest absolute Gasteiger partial charge is 0.451 e. The molecule has 3 rings (SSSR count). The summed E-state index contributed by atoms with van der Waals surface area (Å²) in [6, 6.07) is 11.8. The van der Waals surface area contributed by atoms with Gasteiger partial charge in [0.15, 0.2) is 5.76 Å². The van der Waals surface area contributed by atoms with Crippen LogP contribution in [-0.2, 0) is 0 Å². The molecule has 1 aromatic carbocycles. The van der Waals surface area contributed by atoms with Crippen LogP contribution in [0.2, 0.25) is 0 Å². The number of amides is 1. The predicted molar refractivity (Wildman–Crippen MR) is 86.2 cm³/mol. The molecule has 110 valence electrons. The van der Waals surface area contributed by atoms with E-state index in [1.807, 2.05) is 35.2 Å². The lowest BCUT2D eigenvalue weighted by atomic mass is 10.0. The van der Waals surface area contributed by atoms with Crippen LogP contribution in [-0.4, -0.2) is 23.4 Å². The van der Waals surface area contributed by atoms with Gasteiger partial charge in [0.05, 0.1) is 0 Å². The van der Waals surface area contributed by atoms with Crippen LogP contribution in [0.1, 0.15) is 36.7 Å². The van der Waals surface area contributed by atoms with E-state index >= 15 is 0 Å². The number of hydrogen-bond acceptors (Lipinski definition) is 2. The topological polar surface area (TPSA) is 33.5 Å². The third-order valence-corrected chi connectivity index (χ3v) is 4.71. The quantitative estimate of drug-likeness (QED) is 0.787. The minimum absolute atomic E-state index is 0.000466. The van der Waals surface area contributed by atoms with Crippen molar-refractivity contribution in [1.29, 1.82) is 0 Å². The molecule has 1 aliphatic heterocycles. The van der Waals surface area contributed by atoms with Crippen LogP contribution < -0.4 is 0 Å². The monoisotopic (exact) mass is 347 g/mol. The van der Waals surface area contributed by atoms with Crippen LogP contribution in [0.5, 0.6) is 0 Å². The smallest absolute Gasteiger partial charge is 0.289 e. The molecule has 0 bridgehead atoms. The van der Waals surface area contributed by atoms with Gasteiger partial charge in [-0.25, -0.2) is 0 Å². The Labute approximate surface area is 133 Å². The molecule has 1 aliphatic rings. The zero-order chi connectivity index (χ0) is 14.8. The average Bonchev–Trinajstić information content (AvgIpc) is 2.97. The van der Waals surface area contributed by atoms with Crippen molar-refractivity contribution >= 4 is 21.8 Å². The molecule has 4 heteroatoms. The van der Waals surface area contributed by atoms with Crippen molar-refractivity contribution < 1.29 is 9.21 Å². The van der Waals surface area contributed by atoms with Gasteiger partial charge in [0.25, 0.3) is 5.91 Å². The van der Waals surface area contributed by atoms with E-state index in [0.717, 1.165) is 35.2 Å². The Hall–Kier alpha value is -1.55. The highest BCUT2D eigenvalue weighted by atomic mass is 79.9. The molecule has 0 aliphatic carbocycles. The molecule has 1 aromatic heterocycles. The van der Waals surface area contributed by atoms with Gasteiger partial charge >= 0.3 is 0 Å². The number of nitrogens with zero attached hydrogens (tertiary/aromatic N) is 1. The zero-order valence-electron chi connectivity index (χ0n) is 12.0. The summed E-state index contributed by atoms with van der Waals surface area (Å²) in [4.78, 5) is 14.5. The van der Waals surface area contributed by atoms with E-state index in [1.54, 1.807) is 6.07 Å². The number of carbonyl (C=O) groups is 1. The molecule has 1 amide bonds. The highest BCUT2D eigenvalue weighted by Gasteiger charge is 2.26. The first-order valence-electron chi connectivity index (χ1n) is 7.32. The number of likely N-dealkylation sites (tertiary alicyclic amines) is 1. The standard InChI is InChI=1S/C17H18BrNO2/c1-12-6-4-5-11-19(12)17(20)16-10-9-15(21-16)13-7-2-3-8-14(13)18/h2-3,7-10,12H,4-6,11H2,1H3/t12-/m0/s1. The Kier molecular flexibility index (Phi) is 4.15. The molecule has 0 N–H and O–H groups in total. The second-order valence-corrected chi connectivity index (χ2v) is 6.34. The van der Waals surface area contributed by atoms with Crippen LogP contribution >= 0.6 is 15.9 Å². The minimum atomic E-state index is 0.000466. The molecule has 3 nitrogen and oxygen atoms in total. The Morgan fingerprint density at radius 1 is 1.24 bits per heavy atom. The Morgan fingerprint density at radius 3 is 2.81 bits per heavy atom. The predicted octanol–water partition coefficient (Wildman–Crippen LogP) is 4.72. The fourth-order valence-corrected chi connectivity index (χ4v) is 3.28. The molecule has 1 fully saturated rings. The summed E-state index contributed by atoms with van der Waals surface area (Å²) >= 11 is 3.51. The first-order valence-corrected chi connectivity index (χ1v) is 8.12. The molecular weight excluding hydrogens is 330 g/mol. The number of furan rings is 1. The van der Waals surface area contributed by atoms with E-state index in [9.17, 15) is 4.79 Å². The van der Waals surface area contributed by atoms with Crippen LogP contribution in [0.25, 0.3) is 11.3 Å². The summed E-state index contributed by atoms with van der Waals surface area (Å²) in [5.74, 6) is 1.14. The fourth-order valence-electron chi connectivity index (χ4n) is 2.80. The maximum atomic E-state index is 12.6. The van der Waals surface area contributed by atoms with Gasteiger partial charge < -0.3 is 9.32 Å². The summed E-state index contributed by atoms with van der Waals surface area (Å²) in [7, 11) is 0. The molecule has 2 aromatic rings. The summed E-state index contributed by atoms with van der Waals surface area (Å²) < 4.78 is 6.76. The summed E-state index contributed by atoms with van der Waals surface area (Å²) in [5, 5.41) is 0. The van der Waals surface area contributed by atoms with Crippen LogP contribution in [0, 0.1) is 0 Å². The van der Waals surface area contributed by atoms with Gasteiger partial charge in [0.2, 0.25) is 0 Å². The number of halogens is 1. The number of carbonyl (C=O) groups excluding carboxylic acids is 1. The van der Waals surface area contributed by atoms with Gasteiger partial charge in [-0.15, -0.1) is 0 Å². The number of hydrogen-bond donors (Lipinski definition) is 0. The normalized spacial score (nSPS) is 18.8. The van der Waals surface area contributed by atoms with Crippen molar-refractivity contribution in [1.82, 2.24) is 4.90 Å². The van der Waals surface area contributed by atoms with Crippen molar-refractivity contribution in [3.63, 3.8) is 0 Å². The highest BCUT2D eigenvalue weighted by molar-refractivity contribution is 9.10. The maximum Gasteiger partial charge on any atom is 0.289 e. The molecule has 0 spiro atoms. The molecule has 0 radical (unpaired) electrons. The van der Waals surface area contributed by atoms with Crippen molar-refractivity contribution in [2.24, 2.45) is 0 Å². The van der Waals surface area contributed by atoms with Crippen LogP contribution in [0.3, 0.4) is 0 Å². The molecule has 0 saturated carbocycles. The average molecular weight is 348 g/mol. The molecule has 21 heavy (non-hydrogen) atoms. The number of benzene rings is 1. The molecular formula is C17H18BrNO2. The van der Waals surface area contributed by atoms with E-state index in [2.05, 4.69) is 22.9 Å². The minimum Gasteiger partial charge on any atom is -0.451 e. The van der Waals surface area contributed by atoms with Crippen LogP contribution in [0.4, 0.5) is 0 Å². The van der Waals surface area contributed by atoms with Gasteiger partial charge in [-0.1, -0.05) is 34.1 Å². The van der Waals surface area contributed by atoms with Gasteiger partial charge in [0.1, 0.15) is 5.76 Å². The Balaban J connectivity index is 1.85. The van der Waals surface area contributed by atoms with E-state index in [1.165, 1.54) is 6.42 Å².